The summed E-state index contributed by atoms with van der Waals surface area (Å²) < 4.78 is 2.21. The zero-order chi connectivity index (χ0) is 21.4. The Labute approximate surface area is 185 Å². The Kier molecular flexibility index (Phi) is 5.58. The molecule has 6 heteroatoms. The van der Waals surface area contributed by atoms with Crippen LogP contribution in [0.4, 0.5) is 5.69 Å². The molecule has 0 aliphatic carbocycles. The molecule has 1 aromatic heterocycles. The van der Waals surface area contributed by atoms with Crippen molar-refractivity contribution >= 4 is 46.2 Å². The quantitative estimate of drug-likeness (QED) is 0.494. The van der Waals surface area contributed by atoms with Crippen LogP contribution >= 0.6 is 23.4 Å². The third kappa shape index (κ3) is 4.09. The molecule has 1 saturated heterocycles. The molecular weight excluding hydrogens is 414 g/mol. The van der Waals surface area contributed by atoms with Gasteiger partial charge >= 0.3 is 0 Å². The van der Waals surface area contributed by atoms with Crippen LogP contribution in [0.3, 0.4) is 0 Å². The number of nitrogens with one attached hydrogen (secondary N) is 1. The van der Waals surface area contributed by atoms with Crippen LogP contribution in [0.1, 0.15) is 28.1 Å². The van der Waals surface area contributed by atoms with Gasteiger partial charge in [-0.15, -0.1) is 0 Å². The third-order valence-electron chi connectivity index (χ3n) is 5.06. The molecule has 0 spiro atoms. The number of rotatable bonds is 3. The molecule has 0 atom stereocenters. The summed E-state index contributed by atoms with van der Waals surface area (Å²) in [6.45, 7) is 8.20. The number of thioether (sulfide) groups is 1. The van der Waals surface area contributed by atoms with Crippen molar-refractivity contribution in [1.29, 1.82) is 0 Å². The molecule has 1 aliphatic rings. The average Bonchev–Trinajstić information content (AvgIpc) is 3.17. The third-order valence-corrected chi connectivity index (χ3v) is 6.21. The summed E-state index contributed by atoms with van der Waals surface area (Å²) in [6, 6.07) is 16.1. The molecule has 1 fully saturated rings. The number of aromatic nitrogens is 1. The molecule has 2 aromatic carbocycles. The van der Waals surface area contributed by atoms with E-state index in [1.54, 1.807) is 6.07 Å². The Bertz CT molecular complexity index is 1220. The topological polar surface area (TPSA) is 46.4 Å². The number of aliphatic imine (C=N–C) groups is 1. The van der Waals surface area contributed by atoms with Crippen molar-refractivity contribution in [3.63, 3.8) is 0 Å². The summed E-state index contributed by atoms with van der Waals surface area (Å²) in [7, 11) is 0. The Balaban J connectivity index is 1.66. The Morgan fingerprint density at radius 1 is 1.07 bits per heavy atom. The van der Waals surface area contributed by atoms with Gasteiger partial charge in [0, 0.05) is 22.1 Å². The highest BCUT2D eigenvalue weighted by Crippen LogP contribution is 2.32. The van der Waals surface area contributed by atoms with E-state index in [0.29, 0.717) is 15.1 Å². The number of carbonyl (C=O) groups is 1. The van der Waals surface area contributed by atoms with Gasteiger partial charge in [0.1, 0.15) is 0 Å². The lowest BCUT2D eigenvalue weighted by molar-refractivity contribution is -0.115. The van der Waals surface area contributed by atoms with E-state index >= 15 is 0 Å². The zero-order valence-electron chi connectivity index (χ0n) is 17.3. The van der Waals surface area contributed by atoms with Gasteiger partial charge in [0.2, 0.25) is 0 Å². The SMILES string of the molecule is Cc1cccc(-n2c(C)cc(/C=C3\SC(=Nc4cc(Cl)ccc4C)NC3=O)c2C)c1. The minimum atomic E-state index is -0.140. The van der Waals surface area contributed by atoms with Crippen LogP contribution in [0.25, 0.3) is 11.8 Å². The van der Waals surface area contributed by atoms with E-state index < -0.39 is 0 Å². The minimum Gasteiger partial charge on any atom is -0.318 e. The van der Waals surface area contributed by atoms with Gasteiger partial charge in [-0.1, -0.05) is 29.8 Å². The maximum Gasteiger partial charge on any atom is 0.264 e. The lowest BCUT2D eigenvalue weighted by atomic mass is 10.2. The monoisotopic (exact) mass is 435 g/mol. The average molecular weight is 436 g/mol. The summed E-state index contributed by atoms with van der Waals surface area (Å²) in [5, 5.41) is 4.03. The summed E-state index contributed by atoms with van der Waals surface area (Å²) in [5.41, 5.74) is 7.32. The van der Waals surface area contributed by atoms with Crippen LogP contribution in [0.5, 0.6) is 0 Å². The van der Waals surface area contributed by atoms with Crippen molar-refractivity contribution in [2.24, 2.45) is 4.99 Å². The molecule has 2 heterocycles. The lowest BCUT2D eigenvalue weighted by Crippen LogP contribution is -2.19. The molecule has 4 rings (SSSR count). The number of amides is 1. The molecule has 0 radical (unpaired) electrons. The van der Waals surface area contributed by atoms with Crippen molar-refractivity contribution in [2.75, 3.05) is 0 Å². The van der Waals surface area contributed by atoms with Crippen LogP contribution in [0.2, 0.25) is 5.02 Å². The molecule has 4 nitrogen and oxygen atoms in total. The second kappa shape index (κ2) is 8.17. The number of hydrogen-bond acceptors (Lipinski definition) is 3. The van der Waals surface area contributed by atoms with Gasteiger partial charge in [-0.25, -0.2) is 4.99 Å². The maximum atomic E-state index is 12.5. The fourth-order valence-electron chi connectivity index (χ4n) is 3.53. The first kappa shape index (κ1) is 20.5. The van der Waals surface area contributed by atoms with Crippen molar-refractivity contribution < 1.29 is 4.79 Å². The largest absolute Gasteiger partial charge is 0.318 e. The highest BCUT2D eigenvalue weighted by molar-refractivity contribution is 8.18. The second-order valence-electron chi connectivity index (χ2n) is 7.41. The number of halogens is 1. The van der Waals surface area contributed by atoms with Gasteiger partial charge in [-0.2, -0.15) is 0 Å². The molecular formula is C24H22ClN3OS. The first-order valence-corrected chi connectivity index (χ1v) is 10.8. The number of carbonyl (C=O) groups excluding carboxylic acids is 1. The summed E-state index contributed by atoms with van der Waals surface area (Å²) in [6.07, 6.45) is 1.93. The van der Waals surface area contributed by atoms with E-state index in [9.17, 15) is 4.79 Å². The standard InChI is InChI=1S/C24H22ClN3OS/c1-14-6-5-7-20(10-14)28-16(3)11-18(17(28)4)12-22-23(29)27-24(30-22)26-21-13-19(25)9-8-15(21)2/h5-13H,1-4H3,(H,26,27,29)/b22-12-. The van der Waals surface area contributed by atoms with Crippen molar-refractivity contribution in [2.45, 2.75) is 27.7 Å². The lowest BCUT2D eigenvalue weighted by Gasteiger charge is -2.10. The van der Waals surface area contributed by atoms with Crippen LogP contribution in [0.15, 0.2) is 58.4 Å². The zero-order valence-corrected chi connectivity index (χ0v) is 18.9. The summed E-state index contributed by atoms with van der Waals surface area (Å²) in [5.74, 6) is -0.140. The molecule has 3 aromatic rings. The van der Waals surface area contributed by atoms with Crippen LogP contribution in [-0.4, -0.2) is 15.6 Å². The number of hydrogen-bond donors (Lipinski definition) is 1. The molecule has 152 valence electrons. The molecule has 1 amide bonds. The van der Waals surface area contributed by atoms with Gasteiger partial charge in [0.05, 0.1) is 10.6 Å². The Hall–Kier alpha value is -2.76. The van der Waals surface area contributed by atoms with Crippen LogP contribution in [0, 0.1) is 27.7 Å². The summed E-state index contributed by atoms with van der Waals surface area (Å²) in [4.78, 5) is 17.7. The predicted octanol–water partition coefficient (Wildman–Crippen LogP) is 6.26. The predicted molar refractivity (Wildman–Crippen MR) is 127 cm³/mol. The highest BCUT2D eigenvalue weighted by Gasteiger charge is 2.25. The molecule has 1 N–H and O–H groups in total. The highest BCUT2D eigenvalue weighted by atomic mass is 35.5. The van der Waals surface area contributed by atoms with Crippen LogP contribution in [-0.2, 0) is 4.79 Å². The number of benzene rings is 2. The smallest absolute Gasteiger partial charge is 0.264 e. The van der Waals surface area contributed by atoms with E-state index in [4.69, 9.17) is 11.6 Å². The maximum absolute atomic E-state index is 12.5. The number of amidine groups is 1. The van der Waals surface area contributed by atoms with Gasteiger partial charge in [-0.3, -0.25) is 4.79 Å². The molecule has 0 unspecified atom stereocenters. The van der Waals surface area contributed by atoms with E-state index in [2.05, 4.69) is 66.0 Å². The molecule has 0 bridgehead atoms. The fraction of sp³-hybridized carbons (Fsp3) is 0.167. The second-order valence-corrected chi connectivity index (χ2v) is 8.88. The van der Waals surface area contributed by atoms with E-state index in [1.807, 2.05) is 25.1 Å². The Morgan fingerprint density at radius 2 is 1.87 bits per heavy atom. The molecule has 1 aliphatic heterocycles. The van der Waals surface area contributed by atoms with Crippen molar-refractivity contribution in [3.05, 3.63) is 86.5 Å². The molecule has 0 saturated carbocycles. The first-order chi connectivity index (χ1) is 14.3. The van der Waals surface area contributed by atoms with Gasteiger partial charge in [0.25, 0.3) is 5.91 Å². The van der Waals surface area contributed by atoms with E-state index in [0.717, 1.165) is 33.9 Å². The Morgan fingerprint density at radius 3 is 2.63 bits per heavy atom. The summed E-state index contributed by atoms with van der Waals surface area (Å²) >= 11 is 7.43. The number of aryl methyl sites for hydroxylation is 3. The van der Waals surface area contributed by atoms with E-state index in [1.165, 1.54) is 17.3 Å². The van der Waals surface area contributed by atoms with Gasteiger partial charge in [0.15, 0.2) is 5.17 Å². The van der Waals surface area contributed by atoms with Gasteiger partial charge in [-0.05, 0) is 92.6 Å². The van der Waals surface area contributed by atoms with Gasteiger partial charge < -0.3 is 9.88 Å². The van der Waals surface area contributed by atoms with Crippen molar-refractivity contribution in [1.82, 2.24) is 9.88 Å². The first-order valence-electron chi connectivity index (χ1n) is 9.63. The minimum absolute atomic E-state index is 0.140. The normalized spacial score (nSPS) is 16.5. The number of nitrogens with zero attached hydrogens (tertiary/aromatic N) is 2. The molecule has 30 heavy (non-hydrogen) atoms. The van der Waals surface area contributed by atoms with Crippen molar-refractivity contribution in [3.8, 4) is 5.69 Å². The van der Waals surface area contributed by atoms with Crippen LogP contribution < -0.4 is 5.32 Å². The van der Waals surface area contributed by atoms with E-state index in [-0.39, 0.29) is 5.91 Å². The fourth-order valence-corrected chi connectivity index (χ4v) is 4.52.